The Morgan fingerprint density at radius 2 is 1.62 bits per heavy atom. The minimum absolute atomic E-state index is 0.00535. The molecule has 0 radical (unpaired) electrons. The Labute approximate surface area is 278 Å². The van der Waals surface area contributed by atoms with Gasteiger partial charge in [0.05, 0.1) is 17.4 Å². The van der Waals surface area contributed by atoms with Crippen LogP contribution in [-0.2, 0) is 44.8 Å². The third-order valence-corrected chi connectivity index (χ3v) is 7.50. The number of ether oxygens (including phenoxy) is 2. The molecule has 0 spiro atoms. The Kier molecular flexibility index (Phi) is 15.4. The first-order valence-electron chi connectivity index (χ1n) is 15.1. The van der Waals surface area contributed by atoms with E-state index in [2.05, 4.69) is 38.6 Å². The van der Waals surface area contributed by atoms with Crippen molar-refractivity contribution in [3.63, 3.8) is 0 Å². The molecule has 47 heavy (non-hydrogen) atoms. The van der Waals surface area contributed by atoms with E-state index in [-0.39, 0.29) is 57.1 Å². The van der Waals surface area contributed by atoms with Gasteiger partial charge in [-0.15, -0.1) is 0 Å². The van der Waals surface area contributed by atoms with E-state index in [9.17, 15) is 33.6 Å². The number of rotatable bonds is 19. The van der Waals surface area contributed by atoms with E-state index in [4.69, 9.17) is 9.84 Å². The fraction of sp³-hybridized carbons (Fsp3) is 0.516. The molecule has 258 valence electrons. The molecule has 1 aromatic rings. The molecule has 0 saturated heterocycles. The first-order chi connectivity index (χ1) is 22.1. The first-order valence-corrected chi connectivity index (χ1v) is 15.5. The van der Waals surface area contributed by atoms with Crippen molar-refractivity contribution in [1.82, 2.24) is 20.9 Å². The van der Waals surface area contributed by atoms with Crippen LogP contribution in [0.1, 0.15) is 52.5 Å². The van der Waals surface area contributed by atoms with E-state index in [0.717, 1.165) is 17.1 Å². The predicted octanol–water partition coefficient (Wildman–Crippen LogP) is 1.38. The van der Waals surface area contributed by atoms with E-state index < -0.39 is 46.5 Å². The summed E-state index contributed by atoms with van der Waals surface area (Å²) in [5, 5.41) is 19.2. The van der Waals surface area contributed by atoms with Gasteiger partial charge in [-0.25, -0.2) is 4.79 Å². The maximum Gasteiger partial charge on any atom is 0.506 e. The lowest BCUT2D eigenvalue weighted by Crippen LogP contribution is -2.55. The van der Waals surface area contributed by atoms with Crippen molar-refractivity contribution in [2.45, 2.75) is 70.5 Å². The van der Waals surface area contributed by atoms with E-state index in [1.807, 2.05) is 6.92 Å². The summed E-state index contributed by atoms with van der Waals surface area (Å²) in [7, 11) is 0. The molecular weight excluding hydrogens is 634 g/mol. The molecule has 0 fully saturated rings. The zero-order chi connectivity index (χ0) is 35.1. The SMILES string of the molecule is CC(CCNC(=O)CCN1C(=O)C=CC1=O)OCCC(C)(S)C(=O)NC(C(=O)NCC(=O)Nc1ccc(COC(=O)O)cc1)C(C)C. The highest BCUT2D eigenvalue weighted by atomic mass is 32.1. The normalized spacial score (nSPS) is 15.1. The lowest BCUT2D eigenvalue weighted by atomic mass is 10.0. The van der Waals surface area contributed by atoms with Crippen molar-refractivity contribution in [2.75, 3.05) is 31.6 Å². The molecule has 2 rings (SSSR count). The number of amides is 6. The second-order valence-electron chi connectivity index (χ2n) is 11.5. The van der Waals surface area contributed by atoms with Gasteiger partial charge in [0.1, 0.15) is 12.6 Å². The Bertz CT molecular complexity index is 1310. The first kappa shape index (κ1) is 38.7. The minimum Gasteiger partial charge on any atom is -0.450 e. The second-order valence-corrected chi connectivity index (χ2v) is 12.5. The number of thiol groups is 1. The summed E-state index contributed by atoms with van der Waals surface area (Å²) in [5.74, 6) is -3.01. The fourth-order valence-corrected chi connectivity index (χ4v) is 4.32. The van der Waals surface area contributed by atoms with Gasteiger partial charge >= 0.3 is 6.16 Å². The summed E-state index contributed by atoms with van der Waals surface area (Å²) in [6, 6.07) is 5.39. The van der Waals surface area contributed by atoms with Crippen LogP contribution in [0.3, 0.4) is 0 Å². The van der Waals surface area contributed by atoms with Crippen LogP contribution >= 0.6 is 12.6 Å². The van der Waals surface area contributed by atoms with Gasteiger partial charge < -0.3 is 35.8 Å². The van der Waals surface area contributed by atoms with Gasteiger partial charge in [0.15, 0.2) is 0 Å². The maximum atomic E-state index is 13.1. The van der Waals surface area contributed by atoms with Crippen LogP contribution in [-0.4, -0.2) is 94.7 Å². The van der Waals surface area contributed by atoms with Crippen molar-refractivity contribution in [3.8, 4) is 0 Å². The minimum atomic E-state index is -1.39. The molecule has 3 unspecified atom stereocenters. The van der Waals surface area contributed by atoms with Crippen LogP contribution in [0.5, 0.6) is 0 Å². The average molecular weight is 678 g/mol. The van der Waals surface area contributed by atoms with Crippen LogP contribution in [0, 0.1) is 5.92 Å². The van der Waals surface area contributed by atoms with E-state index in [0.29, 0.717) is 24.2 Å². The molecule has 1 aliphatic heterocycles. The predicted molar refractivity (Wildman–Crippen MR) is 173 cm³/mol. The van der Waals surface area contributed by atoms with Crippen molar-refractivity contribution >= 4 is 59.9 Å². The maximum absolute atomic E-state index is 13.1. The second kappa shape index (κ2) is 18.6. The van der Waals surface area contributed by atoms with Gasteiger partial charge in [-0.2, -0.15) is 12.6 Å². The molecule has 6 amide bonds. The van der Waals surface area contributed by atoms with Crippen LogP contribution in [0.15, 0.2) is 36.4 Å². The zero-order valence-electron chi connectivity index (χ0n) is 26.9. The molecule has 1 heterocycles. The molecule has 0 aliphatic carbocycles. The standard InChI is InChI=1S/C31H43N5O10S/c1-19(2)27(28(41)33-17-24(38)34-22-7-5-21(6-8-22)18-46-30(43)44)35-29(42)31(4,47)13-16-45-20(3)11-14-32-23(37)12-15-36-25(39)9-10-26(36)40/h5-10,19-20,27,47H,11-18H2,1-4H3,(H,32,37)(H,33,41)(H,34,38)(H,35,42)(H,43,44). The van der Waals surface area contributed by atoms with Crippen LogP contribution in [0.25, 0.3) is 0 Å². The number of carbonyl (C=O) groups excluding carboxylic acids is 6. The number of nitrogens with zero attached hydrogens (tertiary/aromatic N) is 1. The summed E-state index contributed by atoms with van der Waals surface area (Å²) in [6.45, 7) is 6.96. The highest BCUT2D eigenvalue weighted by molar-refractivity contribution is 7.82. The largest absolute Gasteiger partial charge is 0.506 e. The Hall–Kier alpha value is -4.44. The monoisotopic (exact) mass is 677 g/mol. The molecule has 15 nitrogen and oxygen atoms in total. The summed E-state index contributed by atoms with van der Waals surface area (Å²) < 4.78 is 9.09. The van der Waals surface area contributed by atoms with Crippen LogP contribution in [0.4, 0.5) is 10.5 Å². The number of nitrogens with one attached hydrogen (secondary N) is 4. The number of hydrogen-bond acceptors (Lipinski definition) is 10. The van der Waals surface area contributed by atoms with Gasteiger partial charge in [-0.05, 0) is 50.3 Å². The smallest absolute Gasteiger partial charge is 0.450 e. The van der Waals surface area contributed by atoms with E-state index >= 15 is 0 Å². The number of benzene rings is 1. The average Bonchev–Trinajstić information content (AvgIpc) is 3.32. The highest BCUT2D eigenvalue weighted by Crippen LogP contribution is 2.20. The fourth-order valence-electron chi connectivity index (χ4n) is 4.17. The molecule has 16 heteroatoms. The van der Waals surface area contributed by atoms with Crippen molar-refractivity contribution in [3.05, 3.63) is 42.0 Å². The zero-order valence-corrected chi connectivity index (χ0v) is 27.8. The van der Waals surface area contributed by atoms with Crippen LogP contribution in [0.2, 0.25) is 0 Å². The third-order valence-electron chi connectivity index (χ3n) is 7.08. The molecule has 1 aromatic carbocycles. The van der Waals surface area contributed by atoms with Gasteiger partial charge in [-0.1, -0.05) is 26.0 Å². The summed E-state index contributed by atoms with van der Waals surface area (Å²) in [6.07, 6.45) is 1.39. The van der Waals surface area contributed by atoms with Gasteiger partial charge in [-0.3, -0.25) is 33.7 Å². The molecule has 0 aromatic heterocycles. The number of carbonyl (C=O) groups is 7. The molecule has 3 atom stereocenters. The topological polar surface area (TPSA) is 210 Å². The summed E-state index contributed by atoms with van der Waals surface area (Å²) in [4.78, 5) is 85.0. The van der Waals surface area contributed by atoms with Crippen molar-refractivity contribution in [2.24, 2.45) is 5.92 Å². The molecule has 5 N–H and O–H groups in total. The highest BCUT2D eigenvalue weighted by Gasteiger charge is 2.33. The molecule has 0 saturated carbocycles. The Morgan fingerprint density at radius 3 is 2.21 bits per heavy atom. The lowest BCUT2D eigenvalue weighted by molar-refractivity contribution is -0.137. The van der Waals surface area contributed by atoms with Gasteiger partial charge in [0, 0.05) is 44.0 Å². The van der Waals surface area contributed by atoms with E-state index in [1.54, 1.807) is 45.0 Å². The number of imide groups is 1. The quantitative estimate of drug-likeness (QED) is 0.0704. The van der Waals surface area contributed by atoms with Crippen LogP contribution < -0.4 is 21.3 Å². The van der Waals surface area contributed by atoms with Gasteiger partial charge in [0.25, 0.3) is 11.8 Å². The van der Waals surface area contributed by atoms with E-state index in [1.165, 1.54) is 0 Å². The molecular formula is C31H43N5O10S. The van der Waals surface area contributed by atoms with Crippen molar-refractivity contribution in [1.29, 1.82) is 0 Å². The Balaban J connectivity index is 1.70. The summed E-state index contributed by atoms with van der Waals surface area (Å²) >= 11 is 4.50. The van der Waals surface area contributed by atoms with Crippen molar-refractivity contribution < 1.29 is 48.1 Å². The van der Waals surface area contributed by atoms with Gasteiger partial charge in [0.2, 0.25) is 23.6 Å². The number of carboxylic acid groups (broad SMARTS) is 1. The third kappa shape index (κ3) is 13.8. The number of hydrogen-bond donors (Lipinski definition) is 6. The Morgan fingerprint density at radius 1 is 0.979 bits per heavy atom. The summed E-state index contributed by atoms with van der Waals surface area (Å²) in [5.41, 5.74) is 1.03. The molecule has 1 aliphatic rings. The lowest BCUT2D eigenvalue weighted by Gasteiger charge is -2.28. The number of anilines is 1. The molecule has 0 bridgehead atoms.